The minimum absolute atomic E-state index is 0.155. The number of aromatic nitrogens is 1. The molecule has 0 amide bonds. The standard InChI is InChI=1S/C19H18N2O4/c1-10-15-16(11-6-8-12(9-7-11)19(23)24-2)17-13(4-3-5-14(17)22)20-18(15)25-21-10/h6-9,16,20H,3-5H2,1-2H3/t16-/m0/s1. The number of esters is 1. The van der Waals surface area contributed by atoms with Crippen LogP contribution in [0.5, 0.6) is 0 Å². The van der Waals surface area contributed by atoms with Crippen molar-refractivity contribution in [3.63, 3.8) is 0 Å². The number of ketones is 1. The van der Waals surface area contributed by atoms with Crippen LogP contribution in [0.25, 0.3) is 0 Å². The van der Waals surface area contributed by atoms with Crippen LogP contribution in [-0.4, -0.2) is 24.0 Å². The topological polar surface area (TPSA) is 81.4 Å². The summed E-state index contributed by atoms with van der Waals surface area (Å²) in [6.07, 6.45) is 2.20. The van der Waals surface area contributed by atoms with E-state index in [0.717, 1.165) is 40.9 Å². The molecule has 1 aromatic carbocycles. The van der Waals surface area contributed by atoms with Gasteiger partial charge in [0.25, 0.3) is 0 Å². The molecular formula is C19H18N2O4. The maximum atomic E-state index is 12.7. The van der Waals surface area contributed by atoms with E-state index in [9.17, 15) is 9.59 Å². The van der Waals surface area contributed by atoms with E-state index in [0.29, 0.717) is 17.9 Å². The van der Waals surface area contributed by atoms with E-state index in [-0.39, 0.29) is 17.7 Å². The summed E-state index contributed by atoms with van der Waals surface area (Å²) in [4.78, 5) is 24.3. The summed E-state index contributed by atoms with van der Waals surface area (Å²) in [6.45, 7) is 1.87. The van der Waals surface area contributed by atoms with Gasteiger partial charge in [-0.05, 0) is 37.5 Å². The molecule has 0 bridgehead atoms. The van der Waals surface area contributed by atoms with Crippen molar-refractivity contribution in [3.8, 4) is 0 Å². The number of carbonyl (C=O) groups excluding carboxylic acids is 2. The number of benzene rings is 1. The maximum absolute atomic E-state index is 12.7. The van der Waals surface area contributed by atoms with Crippen LogP contribution in [-0.2, 0) is 9.53 Å². The van der Waals surface area contributed by atoms with Crippen LogP contribution in [0.1, 0.15) is 52.4 Å². The number of Topliss-reactive ketones (excluding diaryl/α,β-unsaturated/α-hetero) is 1. The van der Waals surface area contributed by atoms with Gasteiger partial charge in [-0.2, -0.15) is 0 Å². The van der Waals surface area contributed by atoms with Crippen molar-refractivity contribution in [2.24, 2.45) is 0 Å². The molecule has 25 heavy (non-hydrogen) atoms. The van der Waals surface area contributed by atoms with Gasteiger partial charge in [0.05, 0.1) is 23.9 Å². The molecule has 1 aliphatic carbocycles. The number of nitrogens with zero attached hydrogens (tertiary/aromatic N) is 1. The van der Waals surface area contributed by atoms with E-state index in [1.54, 1.807) is 12.1 Å². The minimum Gasteiger partial charge on any atom is -0.465 e. The Labute approximate surface area is 144 Å². The Morgan fingerprint density at radius 2 is 2.04 bits per heavy atom. The fourth-order valence-corrected chi connectivity index (χ4v) is 3.68. The van der Waals surface area contributed by atoms with Crippen LogP contribution in [0, 0.1) is 6.92 Å². The van der Waals surface area contributed by atoms with E-state index in [1.165, 1.54) is 7.11 Å². The molecule has 1 atom stereocenters. The van der Waals surface area contributed by atoms with Crippen molar-refractivity contribution < 1.29 is 18.8 Å². The van der Waals surface area contributed by atoms with Gasteiger partial charge in [-0.1, -0.05) is 17.3 Å². The van der Waals surface area contributed by atoms with Crippen LogP contribution < -0.4 is 5.32 Å². The largest absolute Gasteiger partial charge is 0.465 e. The summed E-state index contributed by atoms with van der Waals surface area (Å²) in [5, 5.41) is 7.31. The second-order valence-electron chi connectivity index (χ2n) is 6.35. The number of ether oxygens (including phenoxy) is 1. The first kappa shape index (κ1) is 15.6. The summed E-state index contributed by atoms with van der Waals surface area (Å²) in [7, 11) is 1.35. The zero-order valence-corrected chi connectivity index (χ0v) is 14.1. The SMILES string of the molecule is COC(=O)c1ccc([C@@H]2C3=C(CCCC3=O)Nc3onc(C)c32)cc1. The molecule has 0 radical (unpaired) electrons. The average Bonchev–Trinajstić information content (AvgIpc) is 3.00. The molecule has 0 unspecified atom stereocenters. The van der Waals surface area contributed by atoms with Crippen molar-refractivity contribution in [1.29, 1.82) is 0 Å². The molecule has 6 nitrogen and oxygen atoms in total. The number of aryl methyl sites for hydroxylation is 1. The Bertz CT molecular complexity index is 893. The van der Waals surface area contributed by atoms with Crippen molar-refractivity contribution in [3.05, 3.63) is 57.9 Å². The molecular weight excluding hydrogens is 320 g/mol. The molecule has 1 aromatic heterocycles. The lowest BCUT2D eigenvalue weighted by Gasteiger charge is -2.31. The average molecular weight is 338 g/mol. The Morgan fingerprint density at radius 1 is 1.28 bits per heavy atom. The van der Waals surface area contributed by atoms with E-state index >= 15 is 0 Å². The van der Waals surface area contributed by atoms with Gasteiger partial charge in [-0.25, -0.2) is 4.79 Å². The van der Waals surface area contributed by atoms with E-state index in [4.69, 9.17) is 9.26 Å². The molecule has 0 fully saturated rings. The Kier molecular flexibility index (Phi) is 3.67. The Hall–Kier alpha value is -2.89. The lowest BCUT2D eigenvalue weighted by Crippen LogP contribution is -2.26. The third kappa shape index (κ3) is 2.45. The Morgan fingerprint density at radius 3 is 2.76 bits per heavy atom. The summed E-state index contributed by atoms with van der Waals surface area (Å²) < 4.78 is 10.2. The number of hydrogen-bond donors (Lipinski definition) is 1. The van der Waals surface area contributed by atoms with Crippen LogP contribution in [0.2, 0.25) is 0 Å². The molecule has 0 saturated carbocycles. The summed E-state index contributed by atoms with van der Waals surface area (Å²) >= 11 is 0. The molecule has 1 aliphatic heterocycles. The first-order chi connectivity index (χ1) is 12.1. The molecule has 1 N–H and O–H groups in total. The van der Waals surface area contributed by atoms with Gasteiger partial charge in [0.1, 0.15) is 0 Å². The first-order valence-corrected chi connectivity index (χ1v) is 8.28. The van der Waals surface area contributed by atoms with Gasteiger partial charge < -0.3 is 14.6 Å². The molecule has 2 aromatic rings. The highest BCUT2D eigenvalue weighted by Gasteiger charge is 2.38. The third-order valence-electron chi connectivity index (χ3n) is 4.87. The van der Waals surface area contributed by atoms with Crippen LogP contribution >= 0.6 is 0 Å². The van der Waals surface area contributed by atoms with Gasteiger partial charge in [-0.3, -0.25) is 4.79 Å². The summed E-state index contributed by atoms with van der Waals surface area (Å²) in [5.41, 5.74) is 4.77. The van der Waals surface area contributed by atoms with E-state index in [1.807, 2.05) is 19.1 Å². The van der Waals surface area contributed by atoms with Crippen molar-refractivity contribution in [2.75, 3.05) is 12.4 Å². The number of hydrogen-bond acceptors (Lipinski definition) is 6. The fraction of sp³-hybridized carbons (Fsp3) is 0.316. The van der Waals surface area contributed by atoms with Gasteiger partial charge in [0, 0.05) is 23.6 Å². The fourth-order valence-electron chi connectivity index (χ4n) is 3.68. The number of anilines is 1. The number of rotatable bonds is 2. The number of fused-ring (bicyclic) bond motifs is 1. The molecule has 6 heteroatoms. The summed E-state index contributed by atoms with van der Waals surface area (Å²) in [5.74, 6) is 0.152. The highest BCUT2D eigenvalue weighted by atomic mass is 16.5. The monoisotopic (exact) mass is 338 g/mol. The molecule has 2 aliphatic rings. The zero-order valence-electron chi connectivity index (χ0n) is 14.1. The molecule has 2 heterocycles. The second-order valence-corrected chi connectivity index (χ2v) is 6.35. The van der Waals surface area contributed by atoms with Crippen molar-refractivity contribution >= 4 is 17.6 Å². The van der Waals surface area contributed by atoms with Crippen LogP contribution in [0.15, 0.2) is 40.1 Å². The second kappa shape index (κ2) is 5.88. The van der Waals surface area contributed by atoms with Crippen molar-refractivity contribution in [1.82, 2.24) is 5.16 Å². The predicted octanol–water partition coefficient (Wildman–Crippen LogP) is 3.33. The van der Waals surface area contributed by atoms with Crippen LogP contribution in [0.3, 0.4) is 0 Å². The number of carbonyl (C=O) groups is 2. The number of nitrogens with one attached hydrogen (secondary N) is 1. The molecule has 4 rings (SSSR count). The third-order valence-corrected chi connectivity index (χ3v) is 4.87. The number of methoxy groups -OCH3 is 1. The van der Waals surface area contributed by atoms with Gasteiger partial charge in [-0.15, -0.1) is 0 Å². The number of allylic oxidation sites excluding steroid dienone is 2. The lowest BCUT2D eigenvalue weighted by molar-refractivity contribution is -0.116. The van der Waals surface area contributed by atoms with Crippen molar-refractivity contribution in [2.45, 2.75) is 32.1 Å². The predicted molar refractivity (Wildman–Crippen MR) is 90.4 cm³/mol. The van der Waals surface area contributed by atoms with Crippen LogP contribution in [0.4, 0.5) is 5.88 Å². The zero-order chi connectivity index (χ0) is 17.6. The minimum atomic E-state index is -0.382. The summed E-state index contributed by atoms with van der Waals surface area (Å²) in [6, 6.07) is 7.18. The molecule has 0 saturated heterocycles. The van der Waals surface area contributed by atoms with Gasteiger partial charge in [0.15, 0.2) is 5.78 Å². The molecule has 128 valence electrons. The normalized spacial score (nSPS) is 19.1. The smallest absolute Gasteiger partial charge is 0.337 e. The highest BCUT2D eigenvalue weighted by Crippen LogP contribution is 2.46. The Balaban J connectivity index is 1.85. The lowest BCUT2D eigenvalue weighted by atomic mass is 9.76. The highest BCUT2D eigenvalue weighted by molar-refractivity contribution is 6.01. The van der Waals surface area contributed by atoms with Gasteiger partial charge in [0.2, 0.25) is 5.88 Å². The molecule has 0 spiro atoms. The van der Waals surface area contributed by atoms with Gasteiger partial charge >= 0.3 is 5.97 Å². The first-order valence-electron chi connectivity index (χ1n) is 8.28. The maximum Gasteiger partial charge on any atom is 0.337 e. The quantitative estimate of drug-likeness (QED) is 0.846. The van der Waals surface area contributed by atoms with E-state index < -0.39 is 0 Å². The van der Waals surface area contributed by atoms with E-state index in [2.05, 4.69) is 10.5 Å².